The van der Waals surface area contributed by atoms with Crippen molar-refractivity contribution in [3.63, 3.8) is 0 Å². The van der Waals surface area contributed by atoms with Crippen molar-refractivity contribution in [3.05, 3.63) is 104 Å². The van der Waals surface area contributed by atoms with Crippen molar-refractivity contribution in [3.8, 4) is 22.4 Å². The molecule has 7 aromatic rings. The first-order chi connectivity index (χ1) is 15.8. The van der Waals surface area contributed by atoms with Crippen LogP contribution < -0.4 is 0 Å². The van der Waals surface area contributed by atoms with Crippen LogP contribution in [0.25, 0.3) is 60.7 Å². The van der Waals surface area contributed by atoms with E-state index in [0.29, 0.717) is 0 Å². The molecule has 0 spiro atoms. The molecular weight excluding hydrogens is 394 g/mol. The Morgan fingerprint density at radius 3 is 2.41 bits per heavy atom. The van der Waals surface area contributed by atoms with E-state index in [2.05, 4.69) is 71.7 Å². The molecule has 0 bridgehead atoms. The van der Waals surface area contributed by atoms with Crippen molar-refractivity contribution in [2.24, 2.45) is 0 Å². The van der Waals surface area contributed by atoms with Crippen LogP contribution in [0.3, 0.4) is 0 Å². The summed E-state index contributed by atoms with van der Waals surface area (Å²) in [5.41, 5.74) is 6.92. The van der Waals surface area contributed by atoms with Gasteiger partial charge in [-0.3, -0.25) is 4.98 Å². The van der Waals surface area contributed by atoms with Crippen LogP contribution in [0, 0.1) is 0 Å². The zero-order valence-electron chi connectivity index (χ0n) is 17.1. The van der Waals surface area contributed by atoms with Crippen LogP contribution in [0.5, 0.6) is 0 Å². The lowest BCUT2D eigenvalue weighted by molar-refractivity contribution is 0.670. The summed E-state index contributed by atoms with van der Waals surface area (Å²) < 4.78 is 8.36. The lowest BCUT2D eigenvalue weighted by Crippen LogP contribution is -1.84. The van der Waals surface area contributed by atoms with Gasteiger partial charge in [0.2, 0.25) is 0 Å². The summed E-state index contributed by atoms with van der Waals surface area (Å²) in [5.74, 6) is 0. The van der Waals surface area contributed by atoms with Gasteiger partial charge >= 0.3 is 0 Å². The van der Waals surface area contributed by atoms with Crippen molar-refractivity contribution >= 4 is 38.4 Å². The second-order valence-electron chi connectivity index (χ2n) is 7.99. The maximum absolute atomic E-state index is 6.38. The molecule has 0 fully saturated rings. The molecule has 4 aromatic carbocycles. The first-order valence-electron chi connectivity index (χ1n) is 10.6. The average molecular weight is 411 g/mol. The summed E-state index contributed by atoms with van der Waals surface area (Å²) in [6, 6.07) is 27.5. The molecule has 0 saturated carbocycles. The highest BCUT2D eigenvalue weighted by molar-refractivity contribution is 6.18. The van der Waals surface area contributed by atoms with Crippen molar-refractivity contribution in [1.29, 1.82) is 0 Å². The molecule has 0 aliphatic carbocycles. The zero-order valence-corrected chi connectivity index (χ0v) is 17.1. The van der Waals surface area contributed by atoms with Gasteiger partial charge in [0, 0.05) is 40.5 Å². The topological polar surface area (TPSA) is 43.3 Å². The van der Waals surface area contributed by atoms with E-state index in [1.807, 2.05) is 28.9 Å². The summed E-state index contributed by atoms with van der Waals surface area (Å²) in [6.07, 6.45) is 7.48. The van der Waals surface area contributed by atoms with Crippen molar-refractivity contribution in [2.45, 2.75) is 0 Å². The number of fused-ring (bicyclic) bond motifs is 5. The molecular formula is C28H17N3O. The van der Waals surface area contributed by atoms with Crippen LogP contribution in [0.4, 0.5) is 0 Å². The molecule has 150 valence electrons. The Hall–Kier alpha value is -4.44. The predicted molar refractivity (Wildman–Crippen MR) is 129 cm³/mol. The summed E-state index contributed by atoms with van der Waals surface area (Å²) in [7, 11) is 0. The Bertz CT molecular complexity index is 1740. The van der Waals surface area contributed by atoms with Crippen molar-refractivity contribution in [1.82, 2.24) is 14.4 Å². The summed E-state index contributed by atoms with van der Waals surface area (Å²) >= 11 is 0. The second kappa shape index (κ2) is 6.53. The van der Waals surface area contributed by atoms with Crippen molar-refractivity contribution < 1.29 is 4.42 Å². The van der Waals surface area contributed by atoms with Crippen LogP contribution >= 0.6 is 0 Å². The molecule has 32 heavy (non-hydrogen) atoms. The zero-order chi connectivity index (χ0) is 21.1. The largest absolute Gasteiger partial charge is 0.455 e. The highest BCUT2D eigenvalue weighted by Gasteiger charge is 2.16. The van der Waals surface area contributed by atoms with Gasteiger partial charge in [-0.2, -0.15) is 0 Å². The minimum absolute atomic E-state index is 0.838. The third-order valence-electron chi connectivity index (χ3n) is 6.12. The average Bonchev–Trinajstić information content (AvgIpc) is 3.44. The number of furan rings is 1. The smallest absolute Gasteiger partial charge is 0.155 e. The molecule has 4 heteroatoms. The lowest BCUT2D eigenvalue weighted by atomic mass is 9.94. The standard InChI is InChI=1S/C28H17N3O/c1-2-6-21-20(5-1)15-23-22-7-3-4-8-25(22)32-28(23)27(21)19-11-9-18(10-12-19)24-17-31-14-13-29-16-26(31)30-24/h1-17H. The molecule has 0 unspecified atom stereocenters. The minimum Gasteiger partial charge on any atom is -0.455 e. The highest BCUT2D eigenvalue weighted by atomic mass is 16.3. The first-order valence-corrected chi connectivity index (χ1v) is 10.6. The van der Waals surface area contributed by atoms with E-state index in [1.165, 1.54) is 10.8 Å². The fourth-order valence-corrected chi connectivity index (χ4v) is 4.60. The number of hydrogen-bond donors (Lipinski definition) is 0. The van der Waals surface area contributed by atoms with E-state index in [9.17, 15) is 0 Å². The Morgan fingerprint density at radius 1 is 0.750 bits per heavy atom. The Morgan fingerprint density at radius 2 is 1.53 bits per heavy atom. The SMILES string of the molecule is c1ccc2c(-c3ccc(-c4cn5ccncc5n4)cc3)c3oc4ccccc4c3cc2c1. The number of aromatic nitrogens is 3. The molecule has 0 saturated heterocycles. The molecule has 4 nitrogen and oxygen atoms in total. The quantitative estimate of drug-likeness (QED) is 0.304. The highest BCUT2D eigenvalue weighted by Crippen LogP contribution is 2.41. The monoisotopic (exact) mass is 411 g/mol. The molecule has 0 aliphatic rings. The van der Waals surface area contributed by atoms with Crippen LogP contribution in [0.2, 0.25) is 0 Å². The van der Waals surface area contributed by atoms with Crippen LogP contribution in [0.1, 0.15) is 0 Å². The fraction of sp³-hybridized carbons (Fsp3) is 0. The van der Waals surface area contributed by atoms with Gasteiger partial charge < -0.3 is 8.82 Å². The molecule has 3 aromatic heterocycles. The number of imidazole rings is 1. The molecule has 0 radical (unpaired) electrons. The Balaban J connectivity index is 1.46. The number of hydrogen-bond acceptors (Lipinski definition) is 3. The molecule has 7 rings (SSSR count). The normalized spacial score (nSPS) is 11.8. The minimum atomic E-state index is 0.838. The predicted octanol–water partition coefficient (Wildman–Crippen LogP) is 7.12. The van der Waals surface area contributed by atoms with E-state index >= 15 is 0 Å². The van der Waals surface area contributed by atoms with E-state index in [1.54, 1.807) is 12.4 Å². The first kappa shape index (κ1) is 17.3. The number of para-hydroxylation sites is 1. The number of nitrogens with zero attached hydrogens (tertiary/aromatic N) is 3. The maximum atomic E-state index is 6.38. The van der Waals surface area contributed by atoms with Crippen molar-refractivity contribution in [2.75, 3.05) is 0 Å². The van der Waals surface area contributed by atoms with E-state index in [-0.39, 0.29) is 0 Å². The van der Waals surface area contributed by atoms with Gasteiger partial charge in [-0.25, -0.2) is 4.98 Å². The third kappa shape index (κ3) is 2.50. The van der Waals surface area contributed by atoms with E-state index in [0.717, 1.165) is 50.0 Å². The molecule has 3 heterocycles. The molecule has 0 amide bonds. The Kier molecular flexibility index (Phi) is 3.52. The van der Waals surface area contributed by atoms with Gasteiger partial charge in [0.05, 0.1) is 11.9 Å². The maximum Gasteiger partial charge on any atom is 0.155 e. The van der Waals surface area contributed by atoms with Gasteiger partial charge in [-0.15, -0.1) is 0 Å². The van der Waals surface area contributed by atoms with E-state index < -0.39 is 0 Å². The Labute approximate surface area is 183 Å². The van der Waals surface area contributed by atoms with Crippen LogP contribution in [-0.4, -0.2) is 14.4 Å². The van der Waals surface area contributed by atoms with Gasteiger partial charge in [0.25, 0.3) is 0 Å². The molecule has 0 atom stereocenters. The third-order valence-corrected chi connectivity index (χ3v) is 6.12. The van der Waals surface area contributed by atoms with E-state index in [4.69, 9.17) is 9.40 Å². The number of benzene rings is 4. The molecule has 0 aliphatic heterocycles. The lowest BCUT2D eigenvalue weighted by Gasteiger charge is -2.09. The fourth-order valence-electron chi connectivity index (χ4n) is 4.60. The molecule has 0 N–H and O–H groups in total. The van der Waals surface area contributed by atoms with Gasteiger partial charge in [0.15, 0.2) is 5.65 Å². The van der Waals surface area contributed by atoms with Crippen LogP contribution in [-0.2, 0) is 0 Å². The summed E-state index contributed by atoms with van der Waals surface area (Å²) in [6.45, 7) is 0. The summed E-state index contributed by atoms with van der Waals surface area (Å²) in [5, 5.41) is 4.68. The van der Waals surface area contributed by atoms with Gasteiger partial charge in [-0.05, 0) is 28.5 Å². The van der Waals surface area contributed by atoms with Gasteiger partial charge in [0.1, 0.15) is 11.2 Å². The van der Waals surface area contributed by atoms with Gasteiger partial charge in [-0.1, -0.05) is 66.7 Å². The summed E-state index contributed by atoms with van der Waals surface area (Å²) in [4.78, 5) is 8.85. The second-order valence-corrected chi connectivity index (χ2v) is 7.99. The van der Waals surface area contributed by atoms with Crippen LogP contribution in [0.15, 0.2) is 108 Å². The number of rotatable bonds is 2.